The number of benzene rings is 13. The lowest BCUT2D eigenvalue weighted by atomic mass is 9.65. The number of anilines is 6. The minimum Gasteiger partial charge on any atom is -0.454 e. The van der Waals surface area contributed by atoms with Crippen LogP contribution in [-0.4, -0.2) is 4.57 Å². The highest BCUT2D eigenvalue weighted by Gasteiger charge is 2.53. The molecular weight excluding hydrogens is 1070 g/mol. The summed E-state index contributed by atoms with van der Waals surface area (Å²) in [5.41, 5.74) is 22.1. The van der Waals surface area contributed by atoms with Crippen molar-refractivity contribution in [1.29, 1.82) is 0 Å². The average Bonchev–Trinajstić information content (AvgIpc) is 1.49. The van der Waals surface area contributed by atoms with Gasteiger partial charge in [-0.15, -0.1) is 0 Å². The predicted octanol–water partition coefficient (Wildman–Crippen LogP) is 23.1. The van der Waals surface area contributed by atoms with Crippen molar-refractivity contribution in [2.24, 2.45) is 0 Å². The number of para-hydroxylation sites is 7. The third kappa shape index (κ3) is 6.93. The molecule has 0 amide bonds. The fourth-order valence-corrected chi connectivity index (χ4v) is 15.5. The minimum atomic E-state index is -0.886. The molecule has 420 valence electrons. The largest absolute Gasteiger partial charge is 0.454 e. The van der Waals surface area contributed by atoms with Crippen molar-refractivity contribution in [1.82, 2.24) is 4.57 Å². The van der Waals surface area contributed by atoms with Crippen LogP contribution in [-0.2, 0) is 16.2 Å². The molecular formula is C83H61N3O2. The summed E-state index contributed by atoms with van der Waals surface area (Å²) >= 11 is 0. The van der Waals surface area contributed by atoms with E-state index < -0.39 is 5.41 Å². The maximum atomic E-state index is 7.07. The summed E-state index contributed by atoms with van der Waals surface area (Å²) in [6.45, 7) is 13.7. The highest BCUT2D eigenvalue weighted by molar-refractivity contribution is 6.22. The molecule has 0 atom stereocenters. The number of hydrogen-bond donors (Lipinski definition) is 0. The number of hydrogen-bond acceptors (Lipinski definition) is 4. The van der Waals surface area contributed by atoms with Crippen molar-refractivity contribution in [3.05, 3.63) is 294 Å². The molecule has 1 aliphatic carbocycles. The number of aromatic nitrogens is 1. The van der Waals surface area contributed by atoms with E-state index in [1.54, 1.807) is 0 Å². The Kier molecular flexibility index (Phi) is 10.5. The van der Waals surface area contributed by atoms with Crippen LogP contribution in [0.5, 0.6) is 0 Å². The van der Waals surface area contributed by atoms with Gasteiger partial charge in [0.15, 0.2) is 11.2 Å². The predicted molar refractivity (Wildman–Crippen MR) is 368 cm³/mol. The first-order valence-corrected chi connectivity index (χ1v) is 30.8. The molecule has 88 heavy (non-hydrogen) atoms. The lowest BCUT2D eigenvalue weighted by molar-refractivity contribution is 0.590. The van der Waals surface area contributed by atoms with Gasteiger partial charge in [0, 0.05) is 54.5 Å². The van der Waals surface area contributed by atoms with E-state index in [9.17, 15) is 0 Å². The van der Waals surface area contributed by atoms with Gasteiger partial charge in [0.05, 0.1) is 44.9 Å². The Morgan fingerprint density at radius 2 is 0.716 bits per heavy atom. The Balaban J connectivity index is 1.02. The van der Waals surface area contributed by atoms with E-state index in [1.165, 1.54) is 82.8 Å². The highest BCUT2D eigenvalue weighted by atomic mass is 16.3. The summed E-state index contributed by atoms with van der Waals surface area (Å²) in [5.74, 6) is 0. The Morgan fingerprint density at radius 3 is 1.23 bits per heavy atom. The van der Waals surface area contributed by atoms with Gasteiger partial charge in [0.25, 0.3) is 0 Å². The van der Waals surface area contributed by atoms with Gasteiger partial charge >= 0.3 is 0 Å². The second-order valence-electron chi connectivity index (χ2n) is 26.3. The molecule has 3 aromatic heterocycles. The molecule has 0 bridgehead atoms. The Labute approximate surface area is 510 Å². The van der Waals surface area contributed by atoms with Crippen LogP contribution in [0.2, 0.25) is 0 Å². The fourth-order valence-electron chi connectivity index (χ4n) is 15.5. The zero-order valence-electron chi connectivity index (χ0n) is 50.0. The molecule has 0 fully saturated rings. The number of furan rings is 2. The lowest BCUT2D eigenvalue weighted by Gasteiger charge is -2.40. The second-order valence-corrected chi connectivity index (χ2v) is 26.3. The standard InChI is InChI=1S/C83H61N3O2/c1-81(2,3)50-40-44-52(45-41-50)84(70-36-20-30-62-57-25-12-17-38-74(57)87-79(62)70)72-48-66-76(59-27-9-7-22-54(59)72)77-60-28-10-8-23-55(60)73(85(53-46-42-51(43-47-53)82(4,5)6)71-37-21-31-63-58-26-13-18-39-75(58)88-80(63)71)49-67(77)83(66)64-32-14-16-35-69(64)86-68-34-15-11-24-56(68)61-29-19-33-65(83)78(61)86/h7-49H,1-6H3. The van der Waals surface area contributed by atoms with E-state index in [0.717, 1.165) is 88.8 Å². The molecule has 5 nitrogen and oxygen atoms in total. The molecule has 0 radical (unpaired) electrons. The van der Waals surface area contributed by atoms with Gasteiger partial charge in [0.2, 0.25) is 0 Å². The quantitative estimate of drug-likeness (QED) is 0.166. The van der Waals surface area contributed by atoms with E-state index in [4.69, 9.17) is 8.83 Å². The van der Waals surface area contributed by atoms with Crippen molar-refractivity contribution in [3.8, 4) is 16.8 Å². The van der Waals surface area contributed by atoms with E-state index >= 15 is 0 Å². The summed E-state index contributed by atoms with van der Waals surface area (Å²) in [6, 6.07) is 97.5. The second kappa shape index (κ2) is 18.2. The molecule has 13 aromatic carbocycles. The first-order chi connectivity index (χ1) is 42.9. The van der Waals surface area contributed by atoms with Gasteiger partial charge in [-0.2, -0.15) is 0 Å². The summed E-state index contributed by atoms with van der Waals surface area (Å²) in [7, 11) is 0. The SMILES string of the molecule is CC(C)(C)c1ccc(N(c2cc3c(c4ccccc24)-c2c(cc(N(c4ccc(C(C)(C)C)cc4)c4cccc5c4oc4ccccc45)c4ccccc24)C32c3ccccc3-n3c4ccccc4c4cccc2c43)c2cccc3c2oc2ccccc23)cc1. The average molecular weight is 1130 g/mol. The fraction of sp³-hybridized carbons (Fsp3) is 0.108. The third-order valence-electron chi connectivity index (χ3n) is 19.5. The first-order valence-electron chi connectivity index (χ1n) is 30.8. The monoisotopic (exact) mass is 1130 g/mol. The molecule has 5 heteroatoms. The van der Waals surface area contributed by atoms with Gasteiger partial charge in [-0.1, -0.05) is 230 Å². The molecule has 1 aliphatic heterocycles. The molecule has 0 N–H and O–H groups in total. The molecule has 0 saturated carbocycles. The van der Waals surface area contributed by atoms with Crippen molar-refractivity contribution >= 4 is 121 Å². The van der Waals surface area contributed by atoms with Crippen LogP contribution in [0.3, 0.4) is 0 Å². The van der Waals surface area contributed by atoms with Crippen LogP contribution < -0.4 is 9.80 Å². The topological polar surface area (TPSA) is 37.7 Å². The molecule has 16 aromatic rings. The third-order valence-corrected chi connectivity index (χ3v) is 19.5. The summed E-state index contributed by atoms with van der Waals surface area (Å²) < 4.78 is 16.7. The molecule has 18 rings (SSSR count). The van der Waals surface area contributed by atoms with Gasteiger partial charge < -0.3 is 23.2 Å². The Bertz CT molecular complexity index is 5340. The van der Waals surface area contributed by atoms with Gasteiger partial charge in [-0.25, -0.2) is 0 Å². The molecule has 0 saturated heterocycles. The van der Waals surface area contributed by atoms with Crippen molar-refractivity contribution < 1.29 is 8.83 Å². The van der Waals surface area contributed by atoms with Crippen LogP contribution in [0, 0.1) is 0 Å². The molecule has 4 heterocycles. The first kappa shape index (κ1) is 50.7. The van der Waals surface area contributed by atoms with Crippen LogP contribution in [0.15, 0.2) is 270 Å². The maximum absolute atomic E-state index is 7.07. The lowest BCUT2D eigenvalue weighted by Crippen LogP contribution is -2.34. The highest BCUT2D eigenvalue weighted by Crippen LogP contribution is 2.66. The van der Waals surface area contributed by atoms with Crippen LogP contribution in [0.25, 0.3) is 104 Å². The Morgan fingerprint density at radius 1 is 0.318 bits per heavy atom. The zero-order chi connectivity index (χ0) is 58.9. The molecule has 0 unspecified atom stereocenters. The van der Waals surface area contributed by atoms with E-state index in [2.05, 4.69) is 317 Å². The number of fused-ring (bicyclic) bond motifs is 22. The number of rotatable bonds is 6. The Hall–Kier alpha value is -10.6. The van der Waals surface area contributed by atoms with E-state index in [0.29, 0.717) is 0 Å². The van der Waals surface area contributed by atoms with Crippen molar-refractivity contribution in [3.63, 3.8) is 0 Å². The maximum Gasteiger partial charge on any atom is 0.159 e. The van der Waals surface area contributed by atoms with Gasteiger partial charge in [-0.3, -0.25) is 0 Å². The van der Waals surface area contributed by atoms with E-state index in [1.807, 2.05) is 0 Å². The summed E-state index contributed by atoms with van der Waals surface area (Å²) in [4.78, 5) is 4.98. The summed E-state index contributed by atoms with van der Waals surface area (Å²) in [5, 5.41) is 11.4. The minimum absolute atomic E-state index is 0.0515. The molecule has 2 aliphatic rings. The zero-order valence-corrected chi connectivity index (χ0v) is 50.0. The van der Waals surface area contributed by atoms with Crippen LogP contribution in [0.1, 0.15) is 74.9 Å². The van der Waals surface area contributed by atoms with Crippen molar-refractivity contribution in [2.45, 2.75) is 57.8 Å². The van der Waals surface area contributed by atoms with Crippen LogP contribution >= 0.6 is 0 Å². The van der Waals surface area contributed by atoms with Crippen molar-refractivity contribution in [2.75, 3.05) is 9.80 Å². The van der Waals surface area contributed by atoms with Crippen LogP contribution in [0.4, 0.5) is 34.1 Å². The van der Waals surface area contributed by atoms with E-state index in [-0.39, 0.29) is 10.8 Å². The molecule has 1 spiro atoms. The van der Waals surface area contributed by atoms with Gasteiger partial charge in [0.1, 0.15) is 11.2 Å². The summed E-state index contributed by atoms with van der Waals surface area (Å²) in [6.07, 6.45) is 0. The van der Waals surface area contributed by atoms with Gasteiger partial charge in [-0.05, 0) is 139 Å². The number of nitrogens with zero attached hydrogens (tertiary/aromatic N) is 3. The normalized spacial score (nSPS) is 13.4. The smallest absolute Gasteiger partial charge is 0.159 e.